The highest BCUT2D eigenvalue weighted by Crippen LogP contribution is 2.18. The fourth-order valence-electron chi connectivity index (χ4n) is 3.38. The summed E-state index contributed by atoms with van der Waals surface area (Å²) in [5, 5.41) is 3.10. The molecule has 0 unspecified atom stereocenters. The number of ether oxygens (including phenoxy) is 2. The third-order valence-corrected chi connectivity index (χ3v) is 5.09. The van der Waals surface area contributed by atoms with Gasteiger partial charge in [0.25, 0.3) is 0 Å². The number of quaternary nitrogens is 1. The molecule has 1 atom stereocenters. The van der Waals surface area contributed by atoms with Crippen LogP contribution < -0.4 is 15.0 Å². The van der Waals surface area contributed by atoms with Crippen molar-refractivity contribution in [2.24, 2.45) is 0 Å². The van der Waals surface area contributed by atoms with Crippen LogP contribution in [0.25, 0.3) is 6.08 Å². The van der Waals surface area contributed by atoms with E-state index in [-0.39, 0.29) is 17.7 Å². The van der Waals surface area contributed by atoms with Crippen LogP contribution in [0.4, 0.5) is 4.39 Å². The van der Waals surface area contributed by atoms with Crippen LogP contribution >= 0.6 is 0 Å². The Morgan fingerprint density at radius 2 is 1.97 bits per heavy atom. The van der Waals surface area contributed by atoms with E-state index in [1.807, 2.05) is 6.92 Å². The Kier molecular flexibility index (Phi) is 7.38. The third kappa shape index (κ3) is 6.14. The first kappa shape index (κ1) is 21.0. The minimum Gasteiger partial charge on any atom is -0.494 e. The molecule has 0 spiro atoms. The van der Waals surface area contributed by atoms with Crippen molar-refractivity contribution in [3.63, 3.8) is 0 Å². The summed E-state index contributed by atoms with van der Waals surface area (Å²) in [7, 11) is 1.42. The molecule has 0 radical (unpaired) electrons. The fraction of sp³-hybridized carbons (Fsp3) is 0.348. The molecule has 6 heteroatoms. The van der Waals surface area contributed by atoms with E-state index < -0.39 is 5.82 Å². The first-order chi connectivity index (χ1) is 14.0. The summed E-state index contributed by atoms with van der Waals surface area (Å²) in [6.07, 6.45) is 3.04. The van der Waals surface area contributed by atoms with Gasteiger partial charge in [-0.1, -0.05) is 35.9 Å². The number of rotatable bonds is 7. The van der Waals surface area contributed by atoms with Crippen LogP contribution in [-0.2, 0) is 9.53 Å². The predicted octanol–water partition coefficient (Wildman–Crippen LogP) is 1.93. The van der Waals surface area contributed by atoms with Crippen LogP contribution in [0.2, 0.25) is 0 Å². The van der Waals surface area contributed by atoms with Gasteiger partial charge in [-0.05, 0) is 36.3 Å². The van der Waals surface area contributed by atoms with Crippen molar-refractivity contribution in [2.75, 3.05) is 40.0 Å². The molecule has 0 aromatic heterocycles. The smallest absolute Gasteiger partial charge is 0.244 e. The molecule has 2 aromatic rings. The molecule has 3 rings (SSSR count). The molecular weight excluding hydrogens is 371 g/mol. The van der Waals surface area contributed by atoms with Crippen LogP contribution in [0.1, 0.15) is 22.7 Å². The van der Waals surface area contributed by atoms with Crippen molar-refractivity contribution in [1.29, 1.82) is 0 Å². The predicted molar refractivity (Wildman–Crippen MR) is 110 cm³/mol. The second-order valence-corrected chi connectivity index (χ2v) is 7.27. The zero-order chi connectivity index (χ0) is 20.6. The number of aryl methyl sites for hydroxylation is 1. The Hall–Kier alpha value is -2.70. The van der Waals surface area contributed by atoms with Gasteiger partial charge in [-0.3, -0.25) is 4.79 Å². The van der Waals surface area contributed by atoms with Crippen LogP contribution in [-0.4, -0.2) is 45.9 Å². The normalized spacial score (nSPS) is 16.0. The van der Waals surface area contributed by atoms with E-state index in [0.29, 0.717) is 5.56 Å². The number of methoxy groups -OCH3 is 1. The Bertz CT molecular complexity index is 846. The molecule has 1 fully saturated rings. The molecule has 1 saturated heterocycles. The lowest BCUT2D eigenvalue weighted by molar-refractivity contribution is -0.909. The van der Waals surface area contributed by atoms with E-state index >= 15 is 0 Å². The molecule has 154 valence electrons. The topological polar surface area (TPSA) is 52.0 Å². The van der Waals surface area contributed by atoms with E-state index in [1.165, 1.54) is 29.7 Å². The van der Waals surface area contributed by atoms with E-state index in [9.17, 15) is 9.18 Å². The maximum atomic E-state index is 13.8. The highest BCUT2D eigenvalue weighted by Gasteiger charge is 2.22. The Morgan fingerprint density at radius 3 is 2.62 bits per heavy atom. The number of carbonyl (C=O) groups is 1. The molecule has 1 aliphatic heterocycles. The summed E-state index contributed by atoms with van der Waals surface area (Å²) >= 11 is 0. The number of carbonyl (C=O) groups excluding carboxylic acids is 1. The van der Waals surface area contributed by atoms with Gasteiger partial charge in [0.1, 0.15) is 25.7 Å². The summed E-state index contributed by atoms with van der Waals surface area (Å²) in [5.74, 6) is -0.484. The number of benzene rings is 2. The molecule has 2 N–H and O–H groups in total. The lowest BCUT2D eigenvalue weighted by Gasteiger charge is -2.28. The van der Waals surface area contributed by atoms with E-state index in [4.69, 9.17) is 9.47 Å². The van der Waals surface area contributed by atoms with Crippen molar-refractivity contribution in [3.8, 4) is 5.75 Å². The molecule has 5 nitrogen and oxygen atoms in total. The zero-order valence-corrected chi connectivity index (χ0v) is 16.9. The maximum absolute atomic E-state index is 13.8. The number of halogens is 1. The standard InChI is InChI=1S/C23H27FN2O3/c1-17-3-7-19(8-4-17)21(16-26-11-13-29-14-12-26)25-23(27)10-6-18-5-9-22(28-2)20(24)15-18/h3-10,15,21H,11-14,16H2,1-2H3,(H,25,27)/p+1/b10-6+/t21-/m0/s1. The summed E-state index contributed by atoms with van der Waals surface area (Å²) in [4.78, 5) is 14.0. The largest absolute Gasteiger partial charge is 0.494 e. The van der Waals surface area contributed by atoms with Gasteiger partial charge in [-0.25, -0.2) is 4.39 Å². The maximum Gasteiger partial charge on any atom is 0.244 e. The van der Waals surface area contributed by atoms with Gasteiger partial charge in [0.15, 0.2) is 11.6 Å². The zero-order valence-electron chi connectivity index (χ0n) is 16.9. The van der Waals surface area contributed by atoms with Gasteiger partial charge in [0.2, 0.25) is 5.91 Å². The summed E-state index contributed by atoms with van der Waals surface area (Å²) in [6, 6.07) is 12.7. The Balaban J connectivity index is 1.69. The molecule has 0 saturated carbocycles. The molecule has 0 bridgehead atoms. The average molecular weight is 399 g/mol. The average Bonchev–Trinajstić information content (AvgIpc) is 2.73. The van der Waals surface area contributed by atoms with E-state index in [0.717, 1.165) is 38.4 Å². The number of amides is 1. The SMILES string of the molecule is COc1ccc(/C=C/C(=O)N[C@@H](C[NH+]2CCOCC2)c2ccc(C)cc2)cc1F. The van der Waals surface area contributed by atoms with Crippen LogP contribution in [0.15, 0.2) is 48.5 Å². The van der Waals surface area contributed by atoms with Gasteiger partial charge >= 0.3 is 0 Å². The first-order valence-electron chi connectivity index (χ1n) is 9.85. The molecule has 1 amide bonds. The van der Waals surface area contributed by atoms with Crippen LogP contribution in [0, 0.1) is 12.7 Å². The second kappa shape index (κ2) is 10.2. The van der Waals surface area contributed by atoms with Gasteiger partial charge in [-0.15, -0.1) is 0 Å². The minimum atomic E-state index is -0.455. The second-order valence-electron chi connectivity index (χ2n) is 7.27. The molecule has 29 heavy (non-hydrogen) atoms. The summed E-state index contributed by atoms with van der Waals surface area (Å²) in [5.41, 5.74) is 2.86. The van der Waals surface area contributed by atoms with E-state index in [1.54, 1.807) is 18.2 Å². The Labute approximate surface area is 171 Å². The van der Waals surface area contributed by atoms with Crippen LogP contribution in [0.3, 0.4) is 0 Å². The van der Waals surface area contributed by atoms with Crippen molar-refractivity contribution in [1.82, 2.24) is 5.32 Å². The minimum absolute atomic E-state index is 0.103. The number of hydrogen-bond donors (Lipinski definition) is 2. The summed E-state index contributed by atoms with van der Waals surface area (Å²) in [6.45, 7) is 6.18. The number of nitrogens with one attached hydrogen (secondary N) is 2. The molecule has 0 aliphatic carbocycles. The van der Waals surface area contributed by atoms with Gasteiger partial charge < -0.3 is 19.7 Å². The lowest BCUT2D eigenvalue weighted by atomic mass is 10.0. The molecule has 1 aliphatic rings. The molecular formula is C23H28FN2O3+. The highest BCUT2D eigenvalue weighted by atomic mass is 19.1. The van der Waals surface area contributed by atoms with Gasteiger partial charge in [0.05, 0.1) is 20.3 Å². The van der Waals surface area contributed by atoms with Crippen molar-refractivity contribution in [2.45, 2.75) is 13.0 Å². The van der Waals surface area contributed by atoms with Crippen molar-refractivity contribution < 1.29 is 23.6 Å². The molecule has 1 heterocycles. The quantitative estimate of drug-likeness (QED) is 0.700. The van der Waals surface area contributed by atoms with Crippen molar-refractivity contribution in [3.05, 3.63) is 71.0 Å². The van der Waals surface area contributed by atoms with Gasteiger partial charge in [0, 0.05) is 6.08 Å². The Morgan fingerprint density at radius 1 is 1.24 bits per heavy atom. The monoisotopic (exact) mass is 399 g/mol. The first-order valence-corrected chi connectivity index (χ1v) is 9.85. The number of morpholine rings is 1. The van der Waals surface area contributed by atoms with Gasteiger partial charge in [-0.2, -0.15) is 0 Å². The third-order valence-electron chi connectivity index (χ3n) is 5.09. The molecule has 2 aromatic carbocycles. The van der Waals surface area contributed by atoms with Crippen LogP contribution in [0.5, 0.6) is 5.75 Å². The number of hydrogen-bond acceptors (Lipinski definition) is 3. The van der Waals surface area contributed by atoms with E-state index in [2.05, 4.69) is 29.6 Å². The lowest BCUT2D eigenvalue weighted by Crippen LogP contribution is -3.14. The van der Waals surface area contributed by atoms with Crippen molar-refractivity contribution >= 4 is 12.0 Å². The highest BCUT2D eigenvalue weighted by molar-refractivity contribution is 5.92. The summed E-state index contributed by atoms with van der Waals surface area (Å²) < 4.78 is 24.2. The fourth-order valence-corrected chi connectivity index (χ4v) is 3.38.